The maximum atomic E-state index is 13.7. The first-order chi connectivity index (χ1) is 31.3. The minimum Gasteiger partial charge on any atom is -0.461 e. The third-order valence-corrected chi connectivity index (χ3v) is 11.7. The number of hydrogen-bond donors (Lipinski definition) is 4. The molecule has 6 rings (SSSR count). The zero-order valence-corrected chi connectivity index (χ0v) is 38.4. The van der Waals surface area contributed by atoms with Crippen LogP contribution < -0.4 is 31.3 Å². The molecule has 5 N–H and O–H groups in total. The second kappa shape index (κ2) is 23.3. The maximum absolute atomic E-state index is 13.7. The number of carbonyl (C=O) groups excluding carboxylic acids is 4. The molecule has 0 saturated carbocycles. The molecular formula is C47H66N8O10. The number of fused-ring (bicyclic) bond motifs is 6. The van der Waals surface area contributed by atoms with Crippen molar-refractivity contribution in [3.05, 3.63) is 82.6 Å². The molecule has 3 heterocycles. The number of nitrogens with two attached hydrogens (primary N) is 1. The summed E-state index contributed by atoms with van der Waals surface area (Å²) < 4.78 is 35.2. The molecule has 0 saturated heterocycles. The summed E-state index contributed by atoms with van der Waals surface area (Å²) in [6.07, 6.45) is 9.87. The van der Waals surface area contributed by atoms with Gasteiger partial charge in [-0.3, -0.25) is 19.3 Å². The largest absolute Gasteiger partial charge is 0.461 e. The lowest BCUT2D eigenvalue weighted by Crippen LogP contribution is -2.47. The van der Waals surface area contributed by atoms with Crippen LogP contribution in [0.1, 0.15) is 77.3 Å². The number of hydrogen-bond acceptors (Lipinski definition) is 15. The Morgan fingerprint density at radius 2 is 1.52 bits per heavy atom. The second-order valence-corrected chi connectivity index (χ2v) is 17.1. The average molecular weight is 903 g/mol. The Labute approximate surface area is 381 Å². The average Bonchev–Trinajstić information content (AvgIpc) is 3.96. The number of carbonyl (C=O) groups is 4. The lowest BCUT2D eigenvalue weighted by molar-refractivity contribution is -0.129. The third kappa shape index (κ3) is 13.0. The van der Waals surface area contributed by atoms with E-state index in [9.17, 15) is 19.2 Å². The summed E-state index contributed by atoms with van der Waals surface area (Å²) >= 11 is 0. The molecule has 1 spiro atoms. The van der Waals surface area contributed by atoms with Crippen LogP contribution >= 0.6 is 0 Å². The van der Waals surface area contributed by atoms with E-state index >= 15 is 0 Å². The Morgan fingerprint density at radius 1 is 0.831 bits per heavy atom. The zero-order valence-electron chi connectivity index (χ0n) is 38.4. The number of unbranched alkanes of at least 4 members (excludes halogenated alkanes) is 1. The van der Waals surface area contributed by atoms with E-state index in [-0.39, 0.29) is 55.6 Å². The van der Waals surface area contributed by atoms with E-state index in [2.05, 4.69) is 49.3 Å². The van der Waals surface area contributed by atoms with E-state index in [0.717, 1.165) is 36.9 Å². The molecule has 1 aliphatic carbocycles. The minimum absolute atomic E-state index is 0.0147. The van der Waals surface area contributed by atoms with Gasteiger partial charge >= 0.3 is 5.97 Å². The number of esters is 1. The van der Waals surface area contributed by atoms with Crippen molar-refractivity contribution in [1.82, 2.24) is 20.9 Å². The van der Waals surface area contributed by atoms with E-state index in [4.69, 9.17) is 34.2 Å². The SMILES string of the molecule is CN(C)c1ccc2c(c1)OC1=CC(N(C)C)C=CC1C21OC(=O)c2cc(C(=O)NCCOCCOCCOCCOCCC(=O)N[C@@H](CCCCN)C(=O)NCCCC3(C)N=N3)ccc21. The first-order valence-electron chi connectivity index (χ1n) is 22.6. The van der Waals surface area contributed by atoms with Gasteiger partial charge in [0.2, 0.25) is 11.8 Å². The smallest absolute Gasteiger partial charge is 0.339 e. The molecule has 0 fully saturated rings. The highest BCUT2D eigenvalue weighted by Crippen LogP contribution is 2.57. The summed E-state index contributed by atoms with van der Waals surface area (Å²) in [5.41, 5.74) is 7.23. The molecule has 2 aromatic carbocycles. The van der Waals surface area contributed by atoms with Crippen LogP contribution in [-0.4, -0.2) is 147 Å². The van der Waals surface area contributed by atoms with Crippen molar-refractivity contribution in [3.8, 4) is 5.75 Å². The van der Waals surface area contributed by atoms with Gasteiger partial charge in [-0.2, -0.15) is 10.2 Å². The van der Waals surface area contributed by atoms with Gasteiger partial charge in [-0.05, 0) is 90.0 Å². The van der Waals surface area contributed by atoms with Crippen molar-refractivity contribution in [1.29, 1.82) is 0 Å². The normalized spacial score (nSPS) is 20.0. The van der Waals surface area contributed by atoms with Crippen LogP contribution in [0.2, 0.25) is 0 Å². The van der Waals surface area contributed by atoms with E-state index in [1.165, 1.54) is 0 Å². The molecule has 4 atom stereocenters. The van der Waals surface area contributed by atoms with Crippen LogP contribution in [0, 0.1) is 5.92 Å². The summed E-state index contributed by atoms with van der Waals surface area (Å²) in [7, 11) is 7.91. The molecule has 0 aromatic heterocycles. The fraction of sp³-hybridized carbons (Fsp3) is 0.574. The number of rotatable bonds is 28. The Balaban J connectivity index is 0.837. The lowest BCUT2D eigenvalue weighted by Gasteiger charge is -2.43. The van der Waals surface area contributed by atoms with Crippen LogP contribution in [0.25, 0.3) is 0 Å². The Kier molecular flexibility index (Phi) is 17.6. The number of ether oxygens (including phenoxy) is 6. The number of nitrogens with zero attached hydrogens (tertiary/aromatic N) is 4. The van der Waals surface area contributed by atoms with Gasteiger partial charge < -0.3 is 55.0 Å². The molecule has 18 heteroatoms. The van der Waals surface area contributed by atoms with Crippen molar-refractivity contribution < 1.29 is 47.6 Å². The van der Waals surface area contributed by atoms with E-state index in [0.29, 0.717) is 87.4 Å². The van der Waals surface area contributed by atoms with Gasteiger partial charge in [0.15, 0.2) is 11.3 Å². The predicted octanol–water partition coefficient (Wildman–Crippen LogP) is 3.44. The molecule has 354 valence electrons. The topological polar surface area (TPSA) is 217 Å². The van der Waals surface area contributed by atoms with Gasteiger partial charge in [0.1, 0.15) is 17.6 Å². The van der Waals surface area contributed by atoms with E-state index in [1.807, 2.05) is 64.3 Å². The predicted molar refractivity (Wildman–Crippen MR) is 243 cm³/mol. The summed E-state index contributed by atoms with van der Waals surface area (Å²) in [5.74, 6) is -0.354. The Morgan fingerprint density at radius 3 is 2.20 bits per heavy atom. The molecule has 3 amide bonds. The minimum atomic E-state index is -1.15. The summed E-state index contributed by atoms with van der Waals surface area (Å²) in [5, 5.41) is 16.6. The molecule has 65 heavy (non-hydrogen) atoms. The van der Waals surface area contributed by atoms with Gasteiger partial charge in [-0.15, -0.1) is 0 Å². The Bertz CT molecular complexity index is 2070. The fourth-order valence-corrected chi connectivity index (χ4v) is 7.98. The molecule has 0 radical (unpaired) electrons. The first kappa shape index (κ1) is 49.2. The van der Waals surface area contributed by atoms with Gasteiger partial charge in [-0.25, -0.2) is 4.79 Å². The first-order valence-corrected chi connectivity index (χ1v) is 22.6. The van der Waals surface area contributed by atoms with Crippen LogP contribution in [0.4, 0.5) is 5.69 Å². The number of anilines is 1. The van der Waals surface area contributed by atoms with Crippen molar-refractivity contribution in [2.75, 3.05) is 106 Å². The van der Waals surface area contributed by atoms with E-state index in [1.54, 1.807) is 12.1 Å². The molecule has 18 nitrogen and oxygen atoms in total. The fourth-order valence-electron chi connectivity index (χ4n) is 7.98. The zero-order chi connectivity index (χ0) is 46.4. The van der Waals surface area contributed by atoms with Gasteiger partial charge in [0.25, 0.3) is 5.91 Å². The van der Waals surface area contributed by atoms with Gasteiger partial charge in [0, 0.05) is 68.1 Å². The highest BCUT2D eigenvalue weighted by atomic mass is 16.6. The van der Waals surface area contributed by atoms with Crippen LogP contribution in [-0.2, 0) is 38.9 Å². The van der Waals surface area contributed by atoms with Crippen LogP contribution in [0.5, 0.6) is 5.75 Å². The number of nitrogens with one attached hydrogen (secondary N) is 3. The van der Waals surface area contributed by atoms with Crippen LogP contribution in [0.15, 0.2) is 70.6 Å². The van der Waals surface area contributed by atoms with E-state index < -0.39 is 23.5 Å². The Hall–Kier alpha value is -5.24. The van der Waals surface area contributed by atoms with Crippen LogP contribution in [0.3, 0.4) is 0 Å². The quantitative estimate of drug-likeness (QED) is 0.0548. The monoisotopic (exact) mass is 902 g/mol. The number of benzene rings is 2. The molecule has 0 bridgehead atoms. The summed E-state index contributed by atoms with van der Waals surface area (Å²) in [6.45, 7) is 5.77. The van der Waals surface area contributed by atoms with Crippen molar-refractivity contribution in [2.45, 2.75) is 68.8 Å². The maximum Gasteiger partial charge on any atom is 0.339 e. The highest BCUT2D eigenvalue weighted by Gasteiger charge is 2.58. The number of likely N-dealkylation sites (N-methyl/N-ethyl adjacent to an activating group) is 1. The highest BCUT2D eigenvalue weighted by molar-refractivity contribution is 6.01. The van der Waals surface area contributed by atoms with Gasteiger partial charge in [-0.1, -0.05) is 18.2 Å². The molecule has 3 unspecified atom stereocenters. The molecule has 3 aliphatic heterocycles. The standard InChI is InChI=1S/C47H66N8O10/c1-46(52-53-46)17-8-19-49-44(58)39(9-6-7-18-48)51-42(56)16-21-60-23-25-62-27-28-63-26-24-61-22-20-50-43(57)32-10-13-36-35(29-32)45(59)65-47(36)37-14-11-33(54(2)3)30-40(37)64-41-31-34(55(4)5)12-15-38(41)47/h10-15,29-31,33,37,39H,6-9,16-28,48H2,1-5H3,(H,49,58)(H,50,57)(H,51,56)/t33?,37?,39-,47?/m0/s1. The van der Waals surface area contributed by atoms with Crippen molar-refractivity contribution >= 4 is 29.4 Å². The summed E-state index contributed by atoms with van der Waals surface area (Å²) in [4.78, 5) is 56.2. The number of amides is 3. The van der Waals surface area contributed by atoms with Crippen molar-refractivity contribution in [2.24, 2.45) is 21.9 Å². The third-order valence-electron chi connectivity index (χ3n) is 11.7. The van der Waals surface area contributed by atoms with Gasteiger partial charge in [0.05, 0.1) is 64.3 Å². The second-order valence-electron chi connectivity index (χ2n) is 17.1. The lowest BCUT2D eigenvalue weighted by atomic mass is 9.71. The summed E-state index contributed by atoms with van der Waals surface area (Å²) in [6, 6.07) is 10.4. The van der Waals surface area contributed by atoms with Crippen molar-refractivity contribution in [3.63, 3.8) is 0 Å². The molecular weight excluding hydrogens is 837 g/mol. The molecule has 2 aromatic rings. The molecule has 4 aliphatic rings.